The summed E-state index contributed by atoms with van der Waals surface area (Å²) >= 11 is 0. The highest BCUT2D eigenvalue weighted by molar-refractivity contribution is 5.51. The summed E-state index contributed by atoms with van der Waals surface area (Å²) < 4.78 is 0. The standard InChI is InChI=1S/C14H22N2/c1-14(2)9-3-4-13(10-14)16-12-7-5-11(15)6-8-12/h5-8,13,16H,3-4,9-10,15H2,1-2H3. The van der Waals surface area contributed by atoms with Gasteiger partial charge in [-0.2, -0.15) is 0 Å². The van der Waals surface area contributed by atoms with E-state index in [9.17, 15) is 0 Å². The van der Waals surface area contributed by atoms with Crippen LogP contribution in [0.2, 0.25) is 0 Å². The summed E-state index contributed by atoms with van der Waals surface area (Å²) in [5.41, 5.74) is 8.18. The molecule has 1 saturated carbocycles. The van der Waals surface area contributed by atoms with E-state index in [0.717, 1.165) is 5.69 Å². The molecule has 0 aromatic heterocycles. The molecule has 2 heteroatoms. The van der Waals surface area contributed by atoms with E-state index < -0.39 is 0 Å². The molecule has 16 heavy (non-hydrogen) atoms. The minimum atomic E-state index is 0.490. The quantitative estimate of drug-likeness (QED) is 0.744. The molecule has 0 amide bonds. The van der Waals surface area contributed by atoms with Crippen LogP contribution in [-0.2, 0) is 0 Å². The summed E-state index contributed by atoms with van der Waals surface area (Å²) in [7, 11) is 0. The van der Waals surface area contributed by atoms with Gasteiger partial charge in [-0.1, -0.05) is 20.3 Å². The van der Waals surface area contributed by atoms with Gasteiger partial charge >= 0.3 is 0 Å². The van der Waals surface area contributed by atoms with Gasteiger partial charge in [-0.15, -0.1) is 0 Å². The number of nitrogens with one attached hydrogen (secondary N) is 1. The minimum absolute atomic E-state index is 0.490. The van der Waals surface area contributed by atoms with Gasteiger partial charge in [0, 0.05) is 17.4 Å². The Bertz CT molecular complexity index is 340. The largest absolute Gasteiger partial charge is 0.399 e. The van der Waals surface area contributed by atoms with Gasteiger partial charge in [0.25, 0.3) is 0 Å². The lowest BCUT2D eigenvalue weighted by atomic mass is 9.75. The Morgan fingerprint density at radius 2 is 1.94 bits per heavy atom. The monoisotopic (exact) mass is 218 g/mol. The summed E-state index contributed by atoms with van der Waals surface area (Å²) in [6.07, 6.45) is 5.23. The maximum atomic E-state index is 5.68. The topological polar surface area (TPSA) is 38.0 Å². The number of hydrogen-bond donors (Lipinski definition) is 2. The molecule has 0 bridgehead atoms. The number of nitrogen functional groups attached to an aromatic ring is 1. The smallest absolute Gasteiger partial charge is 0.0343 e. The van der Waals surface area contributed by atoms with Crippen LogP contribution in [0.4, 0.5) is 11.4 Å². The van der Waals surface area contributed by atoms with Gasteiger partial charge in [-0.3, -0.25) is 0 Å². The Morgan fingerprint density at radius 3 is 2.56 bits per heavy atom. The van der Waals surface area contributed by atoms with Gasteiger partial charge < -0.3 is 11.1 Å². The van der Waals surface area contributed by atoms with Crippen molar-refractivity contribution in [2.45, 2.75) is 45.6 Å². The lowest BCUT2D eigenvalue weighted by molar-refractivity contribution is 0.229. The van der Waals surface area contributed by atoms with Gasteiger partial charge in [0.2, 0.25) is 0 Å². The van der Waals surface area contributed by atoms with Crippen LogP contribution in [0.5, 0.6) is 0 Å². The first-order chi connectivity index (χ1) is 7.55. The molecule has 0 aliphatic heterocycles. The lowest BCUT2D eigenvalue weighted by Crippen LogP contribution is -2.31. The van der Waals surface area contributed by atoms with Crippen LogP contribution in [0.1, 0.15) is 39.5 Å². The number of nitrogens with two attached hydrogens (primary N) is 1. The first-order valence-corrected chi connectivity index (χ1v) is 6.17. The normalized spacial score (nSPS) is 24.0. The SMILES string of the molecule is CC1(C)CCCC(Nc2ccc(N)cc2)C1. The van der Waals surface area contributed by atoms with Crippen LogP contribution in [0.3, 0.4) is 0 Å². The molecule has 1 aliphatic carbocycles. The number of benzene rings is 1. The predicted octanol–water partition coefficient (Wildman–Crippen LogP) is 3.65. The van der Waals surface area contributed by atoms with Crippen molar-refractivity contribution in [2.24, 2.45) is 5.41 Å². The zero-order chi connectivity index (χ0) is 11.6. The van der Waals surface area contributed by atoms with E-state index in [-0.39, 0.29) is 0 Å². The fourth-order valence-corrected chi connectivity index (χ4v) is 2.64. The summed E-state index contributed by atoms with van der Waals surface area (Å²) in [5.74, 6) is 0. The van der Waals surface area contributed by atoms with E-state index in [2.05, 4.69) is 31.3 Å². The average molecular weight is 218 g/mol. The van der Waals surface area contributed by atoms with Crippen molar-refractivity contribution in [3.63, 3.8) is 0 Å². The van der Waals surface area contributed by atoms with Crippen LogP contribution < -0.4 is 11.1 Å². The Morgan fingerprint density at radius 1 is 1.25 bits per heavy atom. The Kier molecular flexibility index (Phi) is 3.08. The van der Waals surface area contributed by atoms with Crippen molar-refractivity contribution in [2.75, 3.05) is 11.1 Å². The number of anilines is 2. The van der Waals surface area contributed by atoms with Crippen molar-refractivity contribution in [3.8, 4) is 0 Å². The van der Waals surface area contributed by atoms with Crippen LogP contribution in [0.25, 0.3) is 0 Å². The zero-order valence-corrected chi connectivity index (χ0v) is 10.3. The van der Waals surface area contributed by atoms with Crippen LogP contribution in [0.15, 0.2) is 24.3 Å². The molecule has 1 atom stereocenters. The molecule has 0 heterocycles. The summed E-state index contributed by atoms with van der Waals surface area (Å²) in [4.78, 5) is 0. The molecule has 0 radical (unpaired) electrons. The second kappa shape index (κ2) is 4.36. The van der Waals surface area contributed by atoms with Crippen molar-refractivity contribution >= 4 is 11.4 Å². The van der Waals surface area contributed by atoms with E-state index >= 15 is 0 Å². The molecule has 1 aromatic carbocycles. The third kappa shape index (κ3) is 2.91. The van der Waals surface area contributed by atoms with Crippen molar-refractivity contribution in [1.82, 2.24) is 0 Å². The van der Waals surface area contributed by atoms with Gasteiger partial charge in [0.15, 0.2) is 0 Å². The number of hydrogen-bond acceptors (Lipinski definition) is 2. The van der Waals surface area contributed by atoms with E-state index in [1.807, 2.05) is 12.1 Å². The molecule has 3 N–H and O–H groups in total. The van der Waals surface area contributed by atoms with Crippen LogP contribution >= 0.6 is 0 Å². The molecule has 0 spiro atoms. The highest BCUT2D eigenvalue weighted by Gasteiger charge is 2.27. The lowest BCUT2D eigenvalue weighted by Gasteiger charge is -2.36. The van der Waals surface area contributed by atoms with Crippen molar-refractivity contribution < 1.29 is 0 Å². The predicted molar refractivity (Wildman–Crippen MR) is 70.5 cm³/mol. The molecule has 1 unspecified atom stereocenters. The van der Waals surface area contributed by atoms with E-state index in [1.165, 1.54) is 31.4 Å². The Hall–Kier alpha value is -1.18. The van der Waals surface area contributed by atoms with Gasteiger partial charge in [-0.05, 0) is 48.9 Å². The highest BCUT2D eigenvalue weighted by atomic mass is 14.9. The Balaban J connectivity index is 1.97. The Labute approximate surface area is 98.2 Å². The molecule has 1 aromatic rings. The second-order valence-electron chi connectivity index (χ2n) is 5.72. The van der Waals surface area contributed by atoms with Crippen LogP contribution in [-0.4, -0.2) is 6.04 Å². The van der Waals surface area contributed by atoms with E-state index in [4.69, 9.17) is 5.73 Å². The molecule has 0 saturated heterocycles. The van der Waals surface area contributed by atoms with Crippen molar-refractivity contribution in [1.29, 1.82) is 0 Å². The molecule has 2 nitrogen and oxygen atoms in total. The summed E-state index contributed by atoms with van der Waals surface area (Å²) in [6, 6.07) is 8.66. The van der Waals surface area contributed by atoms with E-state index in [1.54, 1.807) is 0 Å². The summed E-state index contributed by atoms with van der Waals surface area (Å²) in [6.45, 7) is 4.73. The highest BCUT2D eigenvalue weighted by Crippen LogP contribution is 2.36. The summed E-state index contributed by atoms with van der Waals surface area (Å²) in [5, 5.41) is 3.61. The van der Waals surface area contributed by atoms with E-state index in [0.29, 0.717) is 11.5 Å². The number of rotatable bonds is 2. The fraction of sp³-hybridized carbons (Fsp3) is 0.571. The fourth-order valence-electron chi connectivity index (χ4n) is 2.64. The second-order valence-corrected chi connectivity index (χ2v) is 5.72. The maximum Gasteiger partial charge on any atom is 0.0343 e. The molecule has 1 aliphatic rings. The molecular weight excluding hydrogens is 196 g/mol. The minimum Gasteiger partial charge on any atom is -0.399 e. The first kappa shape index (κ1) is 11.3. The molecular formula is C14H22N2. The third-order valence-corrected chi connectivity index (χ3v) is 3.49. The molecule has 2 rings (SSSR count). The average Bonchev–Trinajstić information content (AvgIpc) is 2.20. The first-order valence-electron chi connectivity index (χ1n) is 6.17. The van der Waals surface area contributed by atoms with Crippen molar-refractivity contribution in [3.05, 3.63) is 24.3 Å². The van der Waals surface area contributed by atoms with Gasteiger partial charge in [0.05, 0.1) is 0 Å². The molecule has 88 valence electrons. The molecule has 1 fully saturated rings. The zero-order valence-electron chi connectivity index (χ0n) is 10.3. The van der Waals surface area contributed by atoms with Gasteiger partial charge in [0.1, 0.15) is 0 Å². The third-order valence-electron chi connectivity index (χ3n) is 3.49. The maximum absolute atomic E-state index is 5.68. The van der Waals surface area contributed by atoms with Crippen LogP contribution in [0, 0.1) is 5.41 Å². The van der Waals surface area contributed by atoms with Gasteiger partial charge in [-0.25, -0.2) is 0 Å².